The van der Waals surface area contributed by atoms with Gasteiger partial charge < -0.3 is 33.5 Å². The summed E-state index contributed by atoms with van der Waals surface area (Å²) in [5, 5.41) is 36.5. The highest BCUT2D eigenvalue weighted by Gasteiger charge is 2.55. The summed E-state index contributed by atoms with van der Waals surface area (Å²) in [6.45, 7) is 4.40. The first-order valence-electron chi connectivity index (χ1n) is 24.2. The van der Waals surface area contributed by atoms with Gasteiger partial charge in [0.05, 0.1) is 72.4 Å². The molecular formula is C53H59Cl2N5O14. The highest BCUT2D eigenvalue weighted by atomic mass is 35.5. The largest absolute Gasteiger partial charge is 0.496 e. The van der Waals surface area contributed by atoms with Gasteiger partial charge in [0.2, 0.25) is 5.91 Å². The van der Waals surface area contributed by atoms with Gasteiger partial charge in [0, 0.05) is 25.7 Å². The summed E-state index contributed by atoms with van der Waals surface area (Å²) in [5.74, 6) is 0.594. The van der Waals surface area contributed by atoms with Gasteiger partial charge in [-0.2, -0.15) is 0 Å². The lowest BCUT2D eigenvalue weighted by Crippen LogP contribution is -2.70. The number of hydrogen-bond donors (Lipinski definition) is 4. The smallest absolute Gasteiger partial charge is 0.415 e. The number of unbranched alkanes of at least 4 members (excludes halogenated alkanes) is 1. The molecule has 2 bridgehead atoms. The van der Waals surface area contributed by atoms with Gasteiger partial charge in [-0.15, -0.1) is 0 Å². The molecule has 1 aliphatic carbocycles. The second kappa shape index (κ2) is 24.9. The molecule has 2 saturated heterocycles. The van der Waals surface area contributed by atoms with Crippen molar-refractivity contribution in [3.8, 4) is 28.7 Å². The predicted molar refractivity (Wildman–Crippen MR) is 266 cm³/mol. The number of nitrogens with zero attached hydrogens (tertiary/aromatic N) is 5. The highest BCUT2D eigenvalue weighted by Crippen LogP contribution is 2.46. The molecule has 4 atom stereocenters. The number of hydrogen-bond acceptors (Lipinski definition) is 16. The molecule has 3 amide bonds. The van der Waals surface area contributed by atoms with Crippen LogP contribution >= 0.6 is 23.2 Å². The van der Waals surface area contributed by atoms with Gasteiger partial charge in [0.1, 0.15) is 23.0 Å². The van der Waals surface area contributed by atoms with E-state index >= 15 is 4.79 Å². The molecule has 4 N–H and O–H groups in total. The van der Waals surface area contributed by atoms with Crippen LogP contribution in [0.4, 0.5) is 9.59 Å². The van der Waals surface area contributed by atoms with Crippen molar-refractivity contribution < 1.29 is 68.6 Å². The Labute approximate surface area is 438 Å². The van der Waals surface area contributed by atoms with Crippen LogP contribution in [0.2, 0.25) is 10.0 Å². The van der Waals surface area contributed by atoms with Crippen molar-refractivity contribution in [2.45, 2.75) is 89.8 Å². The Morgan fingerprint density at radius 1 is 0.689 bits per heavy atom. The molecule has 5 aromatic rings. The van der Waals surface area contributed by atoms with Crippen molar-refractivity contribution in [1.82, 2.24) is 25.5 Å². The SMILES string of the molecule is COc1ccc(CN(C(=O)C2C(c3ccc(OCCCCOc4c(Cl)cc(C)cc4Cl)cc3)CC3CN(C(=O)Oc4cccc(CON(O)O)c4)CC2N3C(=O)Oc2cccc(CON(O)O)c2)C2CC2)cc1C. The molecule has 19 nitrogen and oxygen atoms in total. The van der Waals surface area contributed by atoms with Crippen LogP contribution in [-0.4, -0.2) is 116 Å². The molecule has 2 heterocycles. The number of piperazine rings is 1. The molecule has 74 heavy (non-hydrogen) atoms. The Kier molecular flexibility index (Phi) is 18.2. The number of ether oxygens (including phenoxy) is 5. The lowest BCUT2D eigenvalue weighted by Gasteiger charge is -2.54. The van der Waals surface area contributed by atoms with E-state index in [0.717, 1.165) is 40.8 Å². The first-order valence-corrected chi connectivity index (χ1v) is 24.9. The summed E-state index contributed by atoms with van der Waals surface area (Å²) in [6.07, 6.45) is 1.75. The van der Waals surface area contributed by atoms with Crippen LogP contribution in [0.1, 0.15) is 71.4 Å². The monoisotopic (exact) mass is 1060 g/mol. The van der Waals surface area contributed by atoms with E-state index in [4.69, 9.17) is 77.4 Å². The molecule has 394 valence electrons. The average molecular weight is 1060 g/mol. The number of methoxy groups -OCH3 is 1. The first kappa shape index (κ1) is 54.0. The molecule has 1 saturated carbocycles. The maximum absolute atomic E-state index is 15.8. The lowest BCUT2D eigenvalue weighted by atomic mass is 9.70. The standard InChI is InChI=1S/C53H59Cl2N5O14/c1-33-22-45(54)50(46(55)23-33)70-21-5-4-20-69-41-17-13-38(14-18-41)44-27-40-29-56(52(62)73-42-10-6-8-36(25-42)31-71-59(64)65)30-47(58(40)53(63)74-43-11-7-9-37(26-43)32-72-60(66)67)49(44)51(61)57(39-15-16-39)28-35-12-19-48(68-3)34(2)24-35/h6-14,17-19,22-26,39-40,44,47,49,64-67H,4-5,15-16,20-21,27-32H2,1-3H3. The summed E-state index contributed by atoms with van der Waals surface area (Å²) in [6, 6.07) is 28.2. The van der Waals surface area contributed by atoms with Gasteiger partial charge in [-0.25, -0.2) is 19.3 Å². The van der Waals surface area contributed by atoms with Crippen molar-refractivity contribution in [3.63, 3.8) is 0 Å². The maximum Gasteiger partial charge on any atom is 0.415 e. The fourth-order valence-corrected chi connectivity index (χ4v) is 10.4. The molecular weight excluding hydrogens is 1000 g/mol. The fraction of sp³-hybridized carbons (Fsp3) is 0.377. The van der Waals surface area contributed by atoms with Gasteiger partial charge in [-0.3, -0.25) is 30.5 Å². The van der Waals surface area contributed by atoms with E-state index in [0.29, 0.717) is 65.3 Å². The number of fused-ring (bicyclic) bond motifs is 2. The van der Waals surface area contributed by atoms with E-state index < -0.39 is 46.9 Å². The first-order chi connectivity index (χ1) is 35.6. The third-order valence-corrected chi connectivity index (χ3v) is 13.8. The zero-order valence-electron chi connectivity index (χ0n) is 41.1. The predicted octanol–water partition coefficient (Wildman–Crippen LogP) is 9.93. The van der Waals surface area contributed by atoms with Gasteiger partial charge in [0.15, 0.2) is 5.75 Å². The summed E-state index contributed by atoms with van der Waals surface area (Å²) in [4.78, 5) is 59.2. The number of carbonyl (C=O) groups excluding carboxylic acids is 3. The van der Waals surface area contributed by atoms with E-state index in [9.17, 15) is 9.59 Å². The molecule has 3 fully saturated rings. The zero-order chi connectivity index (χ0) is 52.5. The molecule has 21 heteroatoms. The van der Waals surface area contributed by atoms with Gasteiger partial charge >= 0.3 is 12.2 Å². The van der Waals surface area contributed by atoms with Crippen LogP contribution in [0, 0.1) is 19.8 Å². The Bertz CT molecular complexity index is 2720. The van der Waals surface area contributed by atoms with E-state index in [1.165, 1.54) is 17.0 Å². The van der Waals surface area contributed by atoms with Gasteiger partial charge in [-0.05, 0) is 140 Å². The number of likely N-dealkylation sites (tertiary alicyclic amines) is 1. The average Bonchev–Trinajstić information content (AvgIpc) is 4.22. The summed E-state index contributed by atoms with van der Waals surface area (Å²) < 4.78 is 29.5. The number of benzene rings is 5. The maximum atomic E-state index is 15.8. The second-order valence-corrected chi connectivity index (χ2v) is 19.3. The second-order valence-electron chi connectivity index (χ2n) is 18.5. The quantitative estimate of drug-likeness (QED) is 0.0398. The number of halogens is 2. The normalized spacial score (nSPS) is 18.3. The Morgan fingerprint density at radius 3 is 1.88 bits per heavy atom. The Hall–Kier alpha value is -6.23. The molecule has 2 aliphatic heterocycles. The number of aryl methyl sites for hydroxylation is 2. The number of amides is 3. The van der Waals surface area contributed by atoms with Crippen molar-refractivity contribution >= 4 is 41.3 Å². The summed E-state index contributed by atoms with van der Waals surface area (Å²) in [7, 11) is 1.61. The van der Waals surface area contributed by atoms with Crippen LogP contribution in [0.25, 0.3) is 0 Å². The van der Waals surface area contributed by atoms with Crippen molar-refractivity contribution in [2.24, 2.45) is 5.92 Å². The number of carbonyl (C=O) groups is 3. The summed E-state index contributed by atoms with van der Waals surface area (Å²) >= 11 is 12.7. The molecule has 5 aromatic carbocycles. The van der Waals surface area contributed by atoms with E-state index in [-0.39, 0.29) is 56.2 Å². The molecule has 0 aromatic heterocycles. The number of rotatable bonds is 21. The third-order valence-electron chi connectivity index (χ3n) is 13.2. The summed E-state index contributed by atoms with van der Waals surface area (Å²) in [5.41, 5.74) is 4.55. The Balaban J connectivity index is 1.08. The minimum Gasteiger partial charge on any atom is -0.496 e. The molecule has 3 aliphatic rings. The van der Waals surface area contributed by atoms with Crippen LogP contribution in [-0.2, 0) is 34.2 Å². The van der Waals surface area contributed by atoms with Crippen LogP contribution in [0.5, 0.6) is 28.7 Å². The molecule has 0 radical (unpaired) electrons. The minimum atomic E-state index is -0.926. The highest BCUT2D eigenvalue weighted by molar-refractivity contribution is 6.37. The van der Waals surface area contributed by atoms with Crippen molar-refractivity contribution in [3.05, 3.63) is 147 Å². The van der Waals surface area contributed by atoms with E-state index in [1.807, 2.05) is 61.2 Å². The Morgan fingerprint density at radius 2 is 1.30 bits per heavy atom. The van der Waals surface area contributed by atoms with Crippen molar-refractivity contribution in [2.75, 3.05) is 33.4 Å². The third kappa shape index (κ3) is 13.9. The van der Waals surface area contributed by atoms with Crippen LogP contribution in [0.15, 0.2) is 103 Å². The molecule has 0 spiro atoms. The van der Waals surface area contributed by atoms with E-state index in [2.05, 4.69) is 0 Å². The van der Waals surface area contributed by atoms with Gasteiger partial charge in [-0.1, -0.05) is 71.7 Å². The van der Waals surface area contributed by atoms with Crippen LogP contribution in [0.3, 0.4) is 0 Å². The molecule has 4 unspecified atom stereocenters. The lowest BCUT2D eigenvalue weighted by molar-refractivity contribution is -0.497. The topological polar surface area (TPSA) is 213 Å². The fourth-order valence-electron chi connectivity index (χ4n) is 9.68. The number of piperidine rings is 1. The van der Waals surface area contributed by atoms with Crippen molar-refractivity contribution in [1.29, 1.82) is 0 Å². The van der Waals surface area contributed by atoms with Crippen LogP contribution < -0.4 is 23.7 Å². The minimum absolute atomic E-state index is 0.0239. The zero-order valence-corrected chi connectivity index (χ0v) is 42.6. The molecule has 8 rings (SSSR count). The van der Waals surface area contributed by atoms with E-state index in [1.54, 1.807) is 60.5 Å². The van der Waals surface area contributed by atoms with Gasteiger partial charge in [0.25, 0.3) is 0 Å².